The van der Waals surface area contributed by atoms with Crippen LogP contribution in [0.4, 0.5) is 0 Å². The maximum absolute atomic E-state index is 10.8. The Labute approximate surface area is 89.9 Å². The third-order valence-electron chi connectivity index (χ3n) is 3.65. The highest BCUT2D eigenvalue weighted by Crippen LogP contribution is 2.32. The van der Waals surface area contributed by atoms with Crippen molar-refractivity contribution in [3.63, 3.8) is 0 Å². The zero-order valence-electron chi connectivity index (χ0n) is 8.93. The van der Waals surface area contributed by atoms with E-state index >= 15 is 0 Å². The van der Waals surface area contributed by atoms with Gasteiger partial charge in [-0.25, -0.2) is 0 Å². The van der Waals surface area contributed by atoms with Crippen LogP contribution in [0.5, 0.6) is 0 Å². The first-order valence-corrected chi connectivity index (χ1v) is 5.78. The summed E-state index contributed by atoms with van der Waals surface area (Å²) in [6.07, 6.45) is 3.39. The Bertz CT molecular complexity index is 244. The molecule has 2 aliphatic rings. The number of carbonyl (C=O) groups is 1. The largest absolute Gasteiger partial charge is 0.481 e. The van der Waals surface area contributed by atoms with Crippen molar-refractivity contribution in [2.24, 2.45) is 11.8 Å². The molecule has 86 valence electrons. The predicted molar refractivity (Wildman–Crippen MR) is 55.5 cm³/mol. The SMILES string of the molecule is O=C(O)C1CCC(CN2CCC(O)C2)C1. The molecule has 1 heterocycles. The Hall–Kier alpha value is -0.610. The van der Waals surface area contributed by atoms with Crippen LogP contribution in [-0.2, 0) is 4.79 Å². The summed E-state index contributed by atoms with van der Waals surface area (Å²) < 4.78 is 0. The standard InChI is InChI=1S/C11H19NO3/c13-10-3-4-12(7-10)6-8-1-2-9(5-8)11(14)15/h8-10,13H,1-7H2,(H,14,15). The number of carboxylic acid groups (broad SMARTS) is 1. The Morgan fingerprint density at radius 1 is 1.33 bits per heavy atom. The summed E-state index contributed by atoms with van der Waals surface area (Å²) in [5.41, 5.74) is 0. The van der Waals surface area contributed by atoms with Gasteiger partial charge in [0.25, 0.3) is 0 Å². The number of aliphatic hydroxyl groups excluding tert-OH is 1. The second-order valence-electron chi connectivity index (χ2n) is 4.92. The molecule has 2 N–H and O–H groups in total. The average Bonchev–Trinajstić information content (AvgIpc) is 2.76. The summed E-state index contributed by atoms with van der Waals surface area (Å²) in [6, 6.07) is 0. The Morgan fingerprint density at radius 2 is 2.13 bits per heavy atom. The molecule has 0 amide bonds. The monoisotopic (exact) mass is 213 g/mol. The van der Waals surface area contributed by atoms with Crippen LogP contribution in [0.1, 0.15) is 25.7 Å². The van der Waals surface area contributed by atoms with Gasteiger partial charge in [-0.1, -0.05) is 0 Å². The molecule has 3 unspecified atom stereocenters. The van der Waals surface area contributed by atoms with Crippen LogP contribution >= 0.6 is 0 Å². The summed E-state index contributed by atoms with van der Waals surface area (Å²) in [7, 11) is 0. The van der Waals surface area contributed by atoms with Gasteiger partial charge in [0.2, 0.25) is 0 Å². The quantitative estimate of drug-likeness (QED) is 0.719. The number of aliphatic carboxylic acids is 1. The fourth-order valence-electron chi connectivity index (χ4n) is 2.81. The number of nitrogens with zero attached hydrogens (tertiary/aromatic N) is 1. The lowest BCUT2D eigenvalue weighted by atomic mass is 10.0. The molecule has 4 nitrogen and oxygen atoms in total. The number of hydrogen-bond donors (Lipinski definition) is 2. The molecule has 3 atom stereocenters. The highest BCUT2D eigenvalue weighted by Gasteiger charge is 2.32. The number of β-amino-alcohol motifs (C(OH)–C–C–N with tert-alkyl or cyclic N) is 1. The van der Waals surface area contributed by atoms with Crippen LogP contribution in [0.2, 0.25) is 0 Å². The van der Waals surface area contributed by atoms with E-state index in [1.807, 2.05) is 0 Å². The van der Waals surface area contributed by atoms with Crippen LogP contribution in [-0.4, -0.2) is 46.8 Å². The first-order valence-electron chi connectivity index (χ1n) is 5.78. The second kappa shape index (κ2) is 4.49. The summed E-state index contributed by atoms with van der Waals surface area (Å²) in [5.74, 6) is -0.238. The highest BCUT2D eigenvalue weighted by molar-refractivity contribution is 5.70. The molecular weight excluding hydrogens is 194 g/mol. The maximum atomic E-state index is 10.8. The molecule has 0 aromatic carbocycles. The van der Waals surface area contributed by atoms with E-state index in [9.17, 15) is 9.90 Å². The van der Waals surface area contributed by atoms with Crippen LogP contribution in [0.3, 0.4) is 0 Å². The van der Waals surface area contributed by atoms with Gasteiger partial charge >= 0.3 is 5.97 Å². The predicted octanol–water partition coefficient (Wildman–Crippen LogP) is 0.554. The van der Waals surface area contributed by atoms with Gasteiger partial charge in [0.15, 0.2) is 0 Å². The van der Waals surface area contributed by atoms with Crippen molar-refractivity contribution in [2.45, 2.75) is 31.8 Å². The first kappa shape index (κ1) is 10.9. The van der Waals surface area contributed by atoms with E-state index in [0.29, 0.717) is 5.92 Å². The minimum atomic E-state index is -0.640. The topological polar surface area (TPSA) is 60.8 Å². The molecule has 2 rings (SSSR count). The summed E-state index contributed by atoms with van der Waals surface area (Å²) >= 11 is 0. The van der Waals surface area contributed by atoms with Crippen molar-refractivity contribution in [3.8, 4) is 0 Å². The van der Waals surface area contributed by atoms with Crippen molar-refractivity contribution in [3.05, 3.63) is 0 Å². The van der Waals surface area contributed by atoms with Gasteiger partial charge in [0.1, 0.15) is 0 Å². The molecule has 0 bridgehead atoms. The first-order chi connectivity index (χ1) is 7.15. The van der Waals surface area contributed by atoms with Gasteiger partial charge in [0, 0.05) is 19.6 Å². The number of hydrogen-bond acceptors (Lipinski definition) is 3. The molecule has 4 heteroatoms. The average molecular weight is 213 g/mol. The lowest BCUT2D eigenvalue weighted by molar-refractivity contribution is -0.141. The van der Waals surface area contributed by atoms with Gasteiger partial charge in [0.05, 0.1) is 12.0 Å². The molecule has 0 aromatic rings. The zero-order valence-corrected chi connectivity index (χ0v) is 8.93. The van der Waals surface area contributed by atoms with Crippen molar-refractivity contribution >= 4 is 5.97 Å². The van der Waals surface area contributed by atoms with Crippen LogP contribution in [0.15, 0.2) is 0 Å². The number of aliphatic hydroxyl groups is 1. The third kappa shape index (κ3) is 2.69. The number of carboxylic acids is 1. The van der Waals surface area contributed by atoms with E-state index in [-0.39, 0.29) is 12.0 Å². The Balaban J connectivity index is 1.75. The van der Waals surface area contributed by atoms with Gasteiger partial charge in [-0.3, -0.25) is 4.79 Å². The summed E-state index contributed by atoms with van der Waals surface area (Å²) in [4.78, 5) is 13.0. The Kier molecular flexibility index (Phi) is 3.26. The lowest BCUT2D eigenvalue weighted by Crippen LogP contribution is -2.27. The number of likely N-dealkylation sites (tertiary alicyclic amines) is 1. The van der Waals surface area contributed by atoms with Crippen LogP contribution in [0, 0.1) is 11.8 Å². The van der Waals surface area contributed by atoms with E-state index in [2.05, 4.69) is 4.90 Å². The molecular formula is C11H19NO3. The van der Waals surface area contributed by atoms with E-state index < -0.39 is 5.97 Å². The van der Waals surface area contributed by atoms with E-state index in [4.69, 9.17) is 5.11 Å². The van der Waals surface area contributed by atoms with Gasteiger partial charge in [-0.15, -0.1) is 0 Å². The van der Waals surface area contributed by atoms with E-state index in [1.165, 1.54) is 0 Å². The second-order valence-corrected chi connectivity index (χ2v) is 4.92. The fourth-order valence-corrected chi connectivity index (χ4v) is 2.81. The van der Waals surface area contributed by atoms with Gasteiger partial charge in [-0.2, -0.15) is 0 Å². The molecule has 1 saturated carbocycles. The highest BCUT2D eigenvalue weighted by atomic mass is 16.4. The van der Waals surface area contributed by atoms with Crippen LogP contribution < -0.4 is 0 Å². The van der Waals surface area contributed by atoms with Crippen molar-refractivity contribution in [1.82, 2.24) is 4.90 Å². The minimum Gasteiger partial charge on any atom is -0.481 e. The lowest BCUT2D eigenvalue weighted by Gasteiger charge is -2.19. The van der Waals surface area contributed by atoms with Crippen molar-refractivity contribution in [2.75, 3.05) is 19.6 Å². The van der Waals surface area contributed by atoms with Gasteiger partial charge in [-0.05, 0) is 31.6 Å². The minimum absolute atomic E-state index is 0.123. The van der Waals surface area contributed by atoms with Gasteiger partial charge < -0.3 is 15.1 Å². The molecule has 0 spiro atoms. The normalized spacial score (nSPS) is 37.3. The summed E-state index contributed by atoms with van der Waals surface area (Å²) in [6.45, 7) is 2.71. The molecule has 1 aliphatic heterocycles. The molecule has 1 saturated heterocycles. The van der Waals surface area contributed by atoms with E-state index in [0.717, 1.165) is 45.3 Å². The molecule has 0 radical (unpaired) electrons. The molecule has 1 aliphatic carbocycles. The van der Waals surface area contributed by atoms with E-state index in [1.54, 1.807) is 0 Å². The molecule has 0 aromatic heterocycles. The molecule has 15 heavy (non-hydrogen) atoms. The third-order valence-corrected chi connectivity index (χ3v) is 3.65. The van der Waals surface area contributed by atoms with Crippen molar-refractivity contribution < 1.29 is 15.0 Å². The van der Waals surface area contributed by atoms with Crippen molar-refractivity contribution in [1.29, 1.82) is 0 Å². The van der Waals surface area contributed by atoms with Crippen LogP contribution in [0.25, 0.3) is 0 Å². The zero-order chi connectivity index (χ0) is 10.8. The molecule has 2 fully saturated rings. The summed E-state index contributed by atoms with van der Waals surface area (Å²) in [5, 5.41) is 18.3. The Morgan fingerprint density at radius 3 is 2.67 bits per heavy atom. The fraction of sp³-hybridized carbons (Fsp3) is 0.909. The smallest absolute Gasteiger partial charge is 0.306 e. The maximum Gasteiger partial charge on any atom is 0.306 e. The number of rotatable bonds is 3.